The van der Waals surface area contributed by atoms with Crippen LogP contribution in [0.4, 0.5) is 17.3 Å². The maximum atomic E-state index is 12.5. The highest BCUT2D eigenvalue weighted by Gasteiger charge is 2.27. The maximum absolute atomic E-state index is 12.5. The van der Waals surface area contributed by atoms with Gasteiger partial charge in [0.25, 0.3) is 5.91 Å². The minimum atomic E-state index is -0.181. The fraction of sp³-hybridized carbons (Fsp3) is 0.355. The fourth-order valence-corrected chi connectivity index (χ4v) is 5.37. The summed E-state index contributed by atoms with van der Waals surface area (Å²) in [4.78, 5) is 36.1. The van der Waals surface area contributed by atoms with Crippen LogP contribution in [0.2, 0.25) is 0 Å². The van der Waals surface area contributed by atoms with Crippen LogP contribution in [-0.2, 0) is 0 Å². The van der Waals surface area contributed by atoms with Gasteiger partial charge in [-0.15, -0.1) is 0 Å². The highest BCUT2D eigenvalue weighted by atomic mass is 16.5. The zero-order chi connectivity index (χ0) is 30.5. The third kappa shape index (κ3) is 6.40. The number of piperidine rings is 1. The van der Waals surface area contributed by atoms with Crippen LogP contribution in [-0.4, -0.2) is 95.2 Å². The van der Waals surface area contributed by atoms with Crippen LogP contribution in [0.1, 0.15) is 29.0 Å². The Labute approximate surface area is 255 Å². The van der Waals surface area contributed by atoms with Crippen LogP contribution in [0.25, 0.3) is 11.3 Å². The number of oxazole rings is 1. The minimum absolute atomic E-state index is 0.117. The van der Waals surface area contributed by atoms with Crippen LogP contribution in [0.3, 0.4) is 0 Å². The number of amides is 1. The molecule has 2 fully saturated rings. The summed E-state index contributed by atoms with van der Waals surface area (Å²) in [5.41, 5.74) is 2.77. The number of carbonyl (C=O) groups excluding carboxylic acids is 1. The second kappa shape index (κ2) is 13.0. The molecule has 1 amide bonds. The van der Waals surface area contributed by atoms with Crippen LogP contribution >= 0.6 is 0 Å². The summed E-state index contributed by atoms with van der Waals surface area (Å²) in [7, 11) is 3.75. The van der Waals surface area contributed by atoms with Gasteiger partial charge in [-0.25, -0.2) is 15.0 Å². The molecule has 6 rings (SSSR count). The quantitative estimate of drug-likeness (QED) is 0.318. The molecule has 13 nitrogen and oxygen atoms in total. The van der Waals surface area contributed by atoms with E-state index in [-0.39, 0.29) is 17.8 Å². The molecule has 44 heavy (non-hydrogen) atoms. The summed E-state index contributed by atoms with van der Waals surface area (Å²) >= 11 is 0. The monoisotopic (exact) mass is 595 g/mol. The number of hydrogen-bond acceptors (Lipinski definition) is 12. The lowest BCUT2D eigenvalue weighted by atomic mass is 10.1. The standard InChI is InChI=1S/C31H33N9O4/c1-38-11-13-39(14-12-38)25-4-6-28(37-30(25)42-2)36-29-16-24(34-19-35-29)21-3-5-26(22(15-21)17-32)44-23-7-9-40(10-8-23)31(41)27-18-33-20-43-27/h3-6,15-16,18-20,23H,7-14H2,1-2H3,(H,34,35,36,37). The number of rotatable bonds is 8. The zero-order valence-electron chi connectivity index (χ0n) is 24.6. The molecule has 3 aromatic heterocycles. The molecular formula is C31H33N9O4. The number of likely N-dealkylation sites (N-methyl/N-ethyl adjacent to an activating group) is 1. The highest BCUT2D eigenvalue weighted by molar-refractivity contribution is 5.91. The summed E-state index contributed by atoms with van der Waals surface area (Å²) in [5.74, 6) is 2.25. The van der Waals surface area contributed by atoms with E-state index in [1.807, 2.05) is 18.2 Å². The third-order valence-corrected chi connectivity index (χ3v) is 7.86. The van der Waals surface area contributed by atoms with Crippen LogP contribution in [0.15, 0.2) is 59.7 Å². The fourth-order valence-electron chi connectivity index (χ4n) is 5.37. The molecule has 0 unspecified atom stereocenters. The second-order valence-electron chi connectivity index (χ2n) is 10.7. The number of likely N-dealkylation sites (tertiary alicyclic amines) is 1. The number of aromatic nitrogens is 4. The lowest BCUT2D eigenvalue weighted by Crippen LogP contribution is -2.44. The van der Waals surface area contributed by atoms with Gasteiger partial charge in [0, 0.05) is 63.7 Å². The Balaban J connectivity index is 1.11. The van der Waals surface area contributed by atoms with Crippen molar-refractivity contribution in [3.05, 3.63) is 66.6 Å². The van der Waals surface area contributed by atoms with Gasteiger partial charge in [0.2, 0.25) is 11.6 Å². The van der Waals surface area contributed by atoms with Gasteiger partial charge in [-0.2, -0.15) is 10.2 Å². The summed E-state index contributed by atoms with van der Waals surface area (Å²) in [6, 6.07) is 13.4. The number of ether oxygens (including phenoxy) is 2. The number of anilines is 3. The molecule has 2 saturated heterocycles. The van der Waals surface area contributed by atoms with Gasteiger partial charge in [-0.3, -0.25) is 4.79 Å². The molecule has 0 atom stereocenters. The van der Waals surface area contributed by atoms with E-state index < -0.39 is 0 Å². The first-order valence-electron chi connectivity index (χ1n) is 14.5. The van der Waals surface area contributed by atoms with Crippen molar-refractivity contribution in [1.29, 1.82) is 5.26 Å². The van der Waals surface area contributed by atoms with Gasteiger partial charge in [0.15, 0.2) is 6.39 Å². The topological polar surface area (TPSA) is 146 Å². The molecule has 5 heterocycles. The smallest absolute Gasteiger partial charge is 0.291 e. The Morgan fingerprint density at radius 2 is 1.86 bits per heavy atom. The van der Waals surface area contributed by atoms with E-state index in [9.17, 15) is 10.1 Å². The van der Waals surface area contributed by atoms with Crippen LogP contribution in [0.5, 0.6) is 11.6 Å². The van der Waals surface area contributed by atoms with E-state index >= 15 is 0 Å². The van der Waals surface area contributed by atoms with E-state index in [2.05, 4.69) is 48.2 Å². The summed E-state index contributed by atoms with van der Waals surface area (Å²) in [6.07, 6.45) is 5.30. The molecular weight excluding hydrogens is 562 g/mol. The van der Waals surface area contributed by atoms with E-state index in [0.29, 0.717) is 60.5 Å². The SMILES string of the molecule is COc1nc(Nc2cc(-c3ccc(OC4CCN(C(=O)c5cnco5)CC4)c(C#N)c3)ncn2)ccc1N1CCN(C)CC1. The molecule has 2 aliphatic heterocycles. The Hall–Kier alpha value is -5.22. The van der Waals surface area contributed by atoms with Gasteiger partial charge >= 0.3 is 0 Å². The number of benzene rings is 1. The van der Waals surface area contributed by atoms with Gasteiger partial charge in [-0.05, 0) is 37.4 Å². The Kier molecular flexibility index (Phi) is 8.51. The molecule has 4 aromatic rings. The number of nitriles is 1. The molecule has 1 N–H and O–H groups in total. The summed E-state index contributed by atoms with van der Waals surface area (Å²) < 4.78 is 16.9. The lowest BCUT2D eigenvalue weighted by Gasteiger charge is -2.34. The normalized spacial score (nSPS) is 15.9. The van der Waals surface area contributed by atoms with Crippen LogP contribution < -0.4 is 19.7 Å². The number of hydrogen-bond donors (Lipinski definition) is 1. The van der Waals surface area contributed by atoms with Gasteiger partial charge in [0.1, 0.15) is 41.6 Å². The van der Waals surface area contributed by atoms with Crippen molar-refractivity contribution < 1.29 is 18.7 Å². The Morgan fingerprint density at radius 3 is 2.59 bits per heavy atom. The predicted molar refractivity (Wildman–Crippen MR) is 162 cm³/mol. The third-order valence-electron chi connectivity index (χ3n) is 7.86. The molecule has 0 aliphatic carbocycles. The summed E-state index contributed by atoms with van der Waals surface area (Å²) in [6.45, 7) is 4.85. The molecule has 0 radical (unpaired) electrons. The van der Waals surface area contributed by atoms with Gasteiger partial charge in [-0.1, -0.05) is 0 Å². The first-order chi connectivity index (χ1) is 21.5. The van der Waals surface area contributed by atoms with Gasteiger partial charge < -0.3 is 33.9 Å². The van der Waals surface area contributed by atoms with E-state index in [0.717, 1.165) is 37.4 Å². The first-order valence-corrected chi connectivity index (χ1v) is 14.5. The van der Waals surface area contributed by atoms with Crippen LogP contribution in [0, 0.1) is 11.3 Å². The minimum Gasteiger partial charge on any atom is -0.489 e. The number of nitrogens with zero attached hydrogens (tertiary/aromatic N) is 8. The van der Waals surface area contributed by atoms with Crippen molar-refractivity contribution in [2.24, 2.45) is 0 Å². The first kappa shape index (κ1) is 28.9. The Bertz CT molecular complexity index is 1640. The molecule has 1 aromatic carbocycles. The second-order valence-corrected chi connectivity index (χ2v) is 10.7. The number of carbonyl (C=O) groups is 1. The number of pyridine rings is 1. The number of methoxy groups -OCH3 is 1. The molecule has 13 heteroatoms. The lowest BCUT2D eigenvalue weighted by molar-refractivity contribution is 0.0566. The molecule has 0 saturated carbocycles. The zero-order valence-corrected chi connectivity index (χ0v) is 24.6. The largest absolute Gasteiger partial charge is 0.489 e. The maximum Gasteiger partial charge on any atom is 0.291 e. The molecule has 0 spiro atoms. The van der Waals surface area contributed by atoms with Gasteiger partial charge in [0.05, 0.1) is 24.6 Å². The average Bonchev–Trinajstić information content (AvgIpc) is 3.61. The number of piperazine rings is 1. The Morgan fingerprint density at radius 1 is 1.05 bits per heavy atom. The highest BCUT2D eigenvalue weighted by Crippen LogP contribution is 2.31. The average molecular weight is 596 g/mol. The van der Waals surface area contributed by atoms with Crippen molar-refractivity contribution in [2.45, 2.75) is 18.9 Å². The van der Waals surface area contributed by atoms with Crippen molar-refractivity contribution in [1.82, 2.24) is 29.7 Å². The van der Waals surface area contributed by atoms with Crippen molar-refractivity contribution in [3.8, 4) is 29.0 Å². The van der Waals surface area contributed by atoms with Crippen molar-refractivity contribution in [3.63, 3.8) is 0 Å². The number of nitrogens with one attached hydrogen (secondary N) is 1. The predicted octanol–water partition coefficient (Wildman–Crippen LogP) is 3.59. The molecule has 2 aliphatic rings. The van der Waals surface area contributed by atoms with E-state index in [1.165, 1.54) is 18.9 Å². The molecule has 0 bridgehead atoms. The summed E-state index contributed by atoms with van der Waals surface area (Å²) in [5, 5.41) is 13.1. The van der Waals surface area contributed by atoms with Crippen molar-refractivity contribution in [2.75, 3.05) is 63.6 Å². The van der Waals surface area contributed by atoms with Crippen molar-refractivity contribution >= 4 is 23.2 Å². The van der Waals surface area contributed by atoms with E-state index in [1.54, 1.807) is 30.2 Å². The molecule has 226 valence electrons. The van der Waals surface area contributed by atoms with E-state index in [4.69, 9.17) is 13.9 Å².